The Morgan fingerprint density at radius 3 is 2.90 bits per heavy atom. The SMILES string of the molecule is Cc1cccc(CN(C)CCCc2nc(CCl)cs2)c1. The molecule has 2 nitrogen and oxygen atoms in total. The Kier molecular flexibility index (Phi) is 6.02. The van der Waals surface area contributed by atoms with Crippen molar-refractivity contribution in [2.75, 3.05) is 13.6 Å². The summed E-state index contributed by atoms with van der Waals surface area (Å²) < 4.78 is 0. The van der Waals surface area contributed by atoms with Crippen LogP contribution in [0.2, 0.25) is 0 Å². The van der Waals surface area contributed by atoms with E-state index in [1.54, 1.807) is 11.3 Å². The van der Waals surface area contributed by atoms with Gasteiger partial charge in [-0.15, -0.1) is 22.9 Å². The summed E-state index contributed by atoms with van der Waals surface area (Å²) in [5.41, 5.74) is 3.71. The minimum absolute atomic E-state index is 0.518. The number of hydrogen-bond donors (Lipinski definition) is 0. The van der Waals surface area contributed by atoms with Crippen molar-refractivity contribution >= 4 is 22.9 Å². The average molecular weight is 309 g/mol. The van der Waals surface area contributed by atoms with Crippen LogP contribution in [0, 0.1) is 6.92 Å². The van der Waals surface area contributed by atoms with Gasteiger partial charge in [0.15, 0.2) is 0 Å². The molecule has 0 saturated carbocycles. The predicted molar refractivity (Wildman–Crippen MR) is 87.5 cm³/mol. The minimum atomic E-state index is 0.518. The highest BCUT2D eigenvalue weighted by atomic mass is 35.5. The zero-order chi connectivity index (χ0) is 14.4. The van der Waals surface area contributed by atoms with Crippen molar-refractivity contribution in [2.24, 2.45) is 0 Å². The molecule has 4 heteroatoms. The third kappa shape index (κ3) is 4.89. The van der Waals surface area contributed by atoms with Crippen molar-refractivity contribution in [2.45, 2.75) is 32.2 Å². The number of halogens is 1. The summed E-state index contributed by atoms with van der Waals surface area (Å²) >= 11 is 7.48. The standard InChI is InChI=1S/C16H21ClN2S/c1-13-5-3-6-14(9-13)11-19(2)8-4-7-16-18-15(10-17)12-20-16/h3,5-6,9,12H,4,7-8,10-11H2,1-2H3. The van der Waals surface area contributed by atoms with Gasteiger partial charge in [0.25, 0.3) is 0 Å². The van der Waals surface area contributed by atoms with Crippen LogP contribution in [0.25, 0.3) is 0 Å². The highest BCUT2D eigenvalue weighted by Gasteiger charge is 2.04. The van der Waals surface area contributed by atoms with Crippen LogP contribution >= 0.6 is 22.9 Å². The van der Waals surface area contributed by atoms with E-state index >= 15 is 0 Å². The number of hydrogen-bond acceptors (Lipinski definition) is 3. The van der Waals surface area contributed by atoms with Gasteiger partial charge in [-0.2, -0.15) is 0 Å². The summed E-state index contributed by atoms with van der Waals surface area (Å²) in [7, 11) is 2.17. The fourth-order valence-electron chi connectivity index (χ4n) is 2.23. The minimum Gasteiger partial charge on any atom is -0.302 e. The molecule has 1 heterocycles. The smallest absolute Gasteiger partial charge is 0.0929 e. The molecule has 20 heavy (non-hydrogen) atoms. The van der Waals surface area contributed by atoms with Gasteiger partial charge >= 0.3 is 0 Å². The molecule has 2 rings (SSSR count). The second-order valence-corrected chi connectivity index (χ2v) is 6.41. The van der Waals surface area contributed by atoms with Crippen LogP contribution in [0.4, 0.5) is 0 Å². The fraction of sp³-hybridized carbons (Fsp3) is 0.438. The zero-order valence-corrected chi connectivity index (χ0v) is 13.7. The van der Waals surface area contributed by atoms with Crippen LogP contribution in [0.1, 0.15) is 28.2 Å². The number of aryl methyl sites for hydroxylation is 2. The first-order valence-electron chi connectivity index (χ1n) is 6.90. The maximum Gasteiger partial charge on any atom is 0.0929 e. The lowest BCUT2D eigenvalue weighted by Gasteiger charge is -2.16. The molecule has 0 bridgehead atoms. The predicted octanol–water partition coefficient (Wildman–Crippen LogP) is 4.25. The topological polar surface area (TPSA) is 16.1 Å². The number of thiazole rings is 1. The first kappa shape index (κ1) is 15.5. The van der Waals surface area contributed by atoms with E-state index in [0.717, 1.165) is 31.6 Å². The van der Waals surface area contributed by atoms with Crippen molar-refractivity contribution in [1.82, 2.24) is 9.88 Å². The molecule has 0 aliphatic heterocycles. The molecule has 0 aliphatic rings. The van der Waals surface area contributed by atoms with Gasteiger partial charge in [0.1, 0.15) is 0 Å². The Morgan fingerprint density at radius 1 is 1.35 bits per heavy atom. The highest BCUT2D eigenvalue weighted by Crippen LogP contribution is 2.14. The molecule has 1 aromatic carbocycles. The van der Waals surface area contributed by atoms with Gasteiger partial charge in [0.05, 0.1) is 16.6 Å². The Hall–Kier alpha value is -0.900. The third-order valence-corrected chi connectivity index (χ3v) is 4.43. The molecule has 0 saturated heterocycles. The number of aromatic nitrogens is 1. The molecule has 2 aromatic rings. The molecule has 0 aliphatic carbocycles. The maximum atomic E-state index is 5.76. The van der Waals surface area contributed by atoms with E-state index in [0.29, 0.717) is 5.88 Å². The van der Waals surface area contributed by atoms with Crippen LogP contribution in [0.3, 0.4) is 0 Å². The van der Waals surface area contributed by atoms with Crippen molar-refractivity contribution in [1.29, 1.82) is 0 Å². The zero-order valence-electron chi connectivity index (χ0n) is 12.1. The Labute approximate surface area is 130 Å². The molecule has 0 amide bonds. The summed E-state index contributed by atoms with van der Waals surface area (Å²) in [6, 6.07) is 8.71. The van der Waals surface area contributed by atoms with Gasteiger partial charge in [-0.3, -0.25) is 0 Å². The van der Waals surface area contributed by atoms with E-state index < -0.39 is 0 Å². The van der Waals surface area contributed by atoms with Gasteiger partial charge in [0.2, 0.25) is 0 Å². The van der Waals surface area contributed by atoms with Gasteiger partial charge in [-0.1, -0.05) is 29.8 Å². The molecule has 108 valence electrons. The molecular weight excluding hydrogens is 288 g/mol. The molecule has 0 atom stereocenters. The van der Waals surface area contributed by atoms with Crippen molar-refractivity contribution in [3.8, 4) is 0 Å². The molecule has 1 aromatic heterocycles. The van der Waals surface area contributed by atoms with Crippen LogP contribution in [-0.4, -0.2) is 23.5 Å². The summed E-state index contributed by atoms with van der Waals surface area (Å²) in [4.78, 5) is 6.86. The molecule has 0 unspecified atom stereocenters. The average Bonchev–Trinajstić information content (AvgIpc) is 2.86. The maximum absolute atomic E-state index is 5.76. The lowest BCUT2D eigenvalue weighted by atomic mass is 10.1. The van der Waals surface area contributed by atoms with E-state index in [1.165, 1.54) is 16.1 Å². The summed E-state index contributed by atoms with van der Waals surface area (Å²) in [6.07, 6.45) is 2.18. The number of alkyl halides is 1. The van der Waals surface area contributed by atoms with E-state index in [2.05, 4.69) is 53.5 Å². The third-order valence-electron chi connectivity index (χ3n) is 3.20. The van der Waals surface area contributed by atoms with Crippen molar-refractivity contribution in [3.05, 3.63) is 51.5 Å². The summed E-state index contributed by atoms with van der Waals surface area (Å²) in [6.45, 7) is 4.23. The molecule has 0 radical (unpaired) electrons. The first-order valence-corrected chi connectivity index (χ1v) is 8.32. The molecule has 0 fully saturated rings. The highest BCUT2D eigenvalue weighted by molar-refractivity contribution is 7.09. The van der Waals surface area contributed by atoms with Crippen LogP contribution in [0.5, 0.6) is 0 Å². The van der Waals surface area contributed by atoms with Gasteiger partial charge in [0, 0.05) is 18.3 Å². The summed E-state index contributed by atoms with van der Waals surface area (Å²) in [5.74, 6) is 0.518. The van der Waals surface area contributed by atoms with Gasteiger partial charge in [-0.25, -0.2) is 4.98 Å². The lowest BCUT2D eigenvalue weighted by molar-refractivity contribution is 0.322. The summed E-state index contributed by atoms with van der Waals surface area (Å²) in [5, 5.41) is 3.25. The van der Waals surface area contributed by atoms with Crippen LogP contribution < -0.4 is 0 Å². The Bertz CT molecular complexity index is 539. The monoisotopic (exact) mass is 308 g/mol. The number of benzene rings is 1. The largest absolute Gasteiger partial charge is 0.302 e. The second kappa shape index (κ2) is 7.77. The van der Waals surface area contributed by atoms with Gasteiger partial charge in [-0.05, 0) is 32.5 Å². The number of nitrogens with zero attached hydrogens (tertiary/aromatic N) is 2. The van der Waals surface area contributed by atoms with E-state index in [1.807, 2.05) is 0 Å². The van der Waals surface area contributed by atoms with Gasteiger partial charge < -0.3 is 4.90 Å². The Morgan fingerprint density at radius 2 is 2.20 bits per heavy atom. The van der Waals surface area contributed by atoms with Crippen molar-refractivity contribution < 1.29 is 0 Å². The fourth-order valence-corrected chi connectivity index (χ4v) is 3.30. The van der Waals surface area contributed by atoms with Crippen LogP contribution in [-0.2, 0) is 18.8 Å². The molecular formula is C16H21ClN2S. The molecule has 0 N–H and O–H groups in total. The van der Waals surface area contributed by atoms with E-state index in [4.69, 9.17) is 11.6 Å². The lowest BCUT2D eigenvalue weighted by Crippen LogP contribution is -2.19. The van der Waals surface area contributed by atoms with Crippen molar-refractivity contribution in [3.63, 3.8) is 0 Å². The van der Waals surface area contributed by atoms with E-state index in [9.17, 15) is 0 Å². The Balaban J connectivity index is 1.73. The first-order chi connectivity index (χ1) is 9.67. The quantitative estimate of drug-likeness (QED) is 0.711. The van der Waals surface area contributed by atoms with E-state index in [-0.39, 0.29) is 0 Å². The molecule has 0 spiro atoms. The normalized spacial score (nSPS) is 11.2. The second-order valence-electron chi connectivity index (χ2n) is 5.20. The van der Waals surface area contributed by atoms with Crippen LogP contribution in [0.15, 0.2) is 29.6 Å². The number of rotatable bonds is 7.